The quantitative estimate of drug-likeness (QED) is 0.508. The molecule has 2 aromatic carbocycles. The van der Waals surface area contributed by atoms with E-state index in [2.05, 4.69) is 15.6 Å². The predicted octanol–water partition coefficient (Wildman–Crippen LogP) is 4.43. The molecule has 0 bridgehead atoms. The number of para-hydroxylation sites is 1. The first kappa shape index (κ1) is 24.5. The Balaban J connectivity index is 1.36. The highest BCUT2D eigenvalue weighted by atomic mass is 32.1. The lowest BCUT2D eigenvalue weighted by atomic mass is 9.97. The molecule has 1 aromatic heterocycles. The zero-order valence-electron chi connectivity index (χ0n) is 19.4. The van der Waals surface area contributed by atoms with Crippen LogP contribution in [0.1, 0.15) is 47.1 Å². The van der Waals surface area contributed by atoms with Crippen molar-refractivity contribution in [1.82, 2.24) is 15.2 Å². The number of hydrogen-bond donors (Lipinski definition) is 2. The van der Waals surface area contributed by atoms with E-state index in [4.69, 9.17) is 0 Å². The fourth-order valence-corrected chi connectivity index (χ4v) is 5.09. The monoisotopic (exact) mass is 494 g/mol. The van der Waals surface area contributed by atoms with Gasteiger partial charge in [0, 0.05) is 55.5 Å². The van der Waals surface area contributed by atoms with E-state index in [-0.39, 0.29) is 42.3 Å². The third-order valence-corrected chi connectivity index (χ3v) is 7.13. The smallest absolute Gasteiger partial charge is 0.275 e. The van der Waals surface area contributed by atoms with Crippen LogP contribution in [0.3, 0.4) is 0 Å². The molecule has 3 aromatic rings. The van der Waals surface area contributed by atoms with E-state index in [9.17, 15) is 18.8 Å². The number of carbonyl (C=O) groups excluding carboxylic acids is 3. The van der Waals surface area contributed by atoms with Gasteiger partial charge in [0.05, 0.1) is 5.01 Å². The molecule has 7 nitrogen and oxygen atoms in total. The van der Waals surface area contributed by atoms with Gasteiger partial charge in [-0.2, -0.15) is 0 Å². The number of amides is 3. The summed E-state index contributed by atoms with van der Waals surface area (Å²) < 4.78 is 13.3. The Bertz CT molecular complexity index is 1200. The number of carbonyl (C=O) groups is 3. The van der Waals surface area contributed by atoms with Crippen molar-refractivity contribution in [3.8, 4) is 11.1 Å². The van der Waals surface area contributed by atoms with E-state index in [0.29, 0.717) is 24.5 Å². The Hall–Kier alpha value is -3.59. The third kappa shape index (κ3) is 6.10. The molecule has 4 rings (SSSR count). The van der Waals surface area contributed by atoms with Gasteiger partial charge in [0.25, 0.3) is 5.91 Å². The molecule has 1 aliphatic rings. The summed E-state index contributed by atoms with van der Waals surface area (Å²) in [6.45, 7) is 1.23. The summed E-state index contributed by atoms with van der Waals surface area (Å²) in [7, 11) is 1.56. The SMILES string of the molecule is CNC(=O)CCC(=O)N1CCC(c2nc(C(=O)Nc3ccccc3-c3ccc(F)cc3)cs2)CC1. The van der Waals surface area contributed by atoms with Gasteiger partial charge in [-0.15, -0.1) is 11.3 Å². The van der Waals surface area contributed by atoms with Crippen LogP contribution in [-0.2, 0) is 9.59 Å². The number of halogens is 1. The van der Waals surface area contributed by atoms with E-state index >= 15 is 0 Å². The molecular weight excluding hydrogens is 467 g/mol. The standard InChI is InChI=1S/C26H27FN4O3S/c1-28-23(32)10-11-24(33)31-14-12-18(13-15-31)26-30-22(16-35-26)25(34)29-21-5-3-2-4-20(21)17-6-8-19(27)9-7-17/h2-9,16,18H,10-15H2,1H3,(H,28,32)(H,29,34). The highest BCUT2D eigenvalue weighted by Crippen LogP contribution is 2.32. The lowest BCUT2D eigenvalue weighted by Gasteiger charge is -2.31. The van der Waals surface area contributed by atoms with Gasteiger partial charge in [-0.05, 0) is 36.6 Å². The predicted molar refractivity (Wildman–Crippen MR) is 134 cm³/mol. The number of nitrogens with one attached hydrogen (secondary N) is 2. The number of nitrogens with zero attached hydrogens (tertiary/aromatic N) is 2. The molecule has 1 saturated heterocycles. The molecule has 1 fully saturated rings. The van der Waals surface area contributed by atoms with Crippen LogP contribution < -0.4 is 10.6 Å². The molecule has 0 aliphatic carbocycles. The van der Waals surface area contributed by atoms with Gasteiger partial charge >= 0.3 is 0 Å². The van der Waals surface area contributed by atoms with Gasteiger partial charge in [0.2, 0.25) is 11.8 Å². The number of hydrogen-bond acceptors (Lipinski definition) is 5. The minimum atomic E-state index is -0.315. The molecule has 1 aliphatic heterocycles. The van der Waals surface area contributed by atoms with Gasteiger partial charge in [-0.25, -0.2) is 9.37 Å². The van der Waals surface area contributed by atoms with E-state index in [0.717, 1.165) is 29.0 Å². The summed E-state index contributed by atoms with van der Waals surface area (Å²) in [5.41, 5.74) is 2.58. The molecule has 9 heteroatoms. The highest BCUT2D eigenvalue weighted by molar-refractivity contribution is 7.10. The Labute approximate surface area is 207 Å². The summed E-state index contributed by atoms with van der Waals surface area (Å²) in [6, 6.07) is 13.5. The van der Waals surface area contributed by atoms with E-state index < -0.39 is 0 Å². The van der Waals surface area contributed by atoms with Gasteiger partial charge in [-0.1, -0.05) is 30.3 Å². The van der Waals surface area contributed by atoms with Gasteiger partial charge < -0.3 is 15.5 Å². The second-order valence-electron chi connectivity index (χ2n) is 8.41. The number of benzene rings is 2. The van der Waals surface area contributed by atoms with Gasteiger partial charge in [0.15, 0.2) is 0 Å². The van der Waals surface area contributed by atoms with E-state index in [1.165, 1.54) is 23.5 Å². The zero-order valence-corrected chi connectivity index (χ0v) is 20.2. The van der Waals surface area contributed by atoms with Gasteiger partial charge in [-0.3, -0.25) is 14.4 Å². The summed E-state index contributed by atoms with van der Waals surface area (Å²) >= 11 is 1.45. The fraction of sp³-hybridized carbons (Fsp3) is 0.308. The Morgan fingerprint density at radius 3 is 2.49 bits per heavy atom. The Morgan fingerprint density at radius 1 is 1.06 bits per heavy atom. The number of piperidine rings is 1. The van der Waals surface area contributed by atoms with E-state index in [1.54, 1.807) is 35.5 Å². The maximum atomic E-state index is 13.3. The molecule has 0 atom stereocenters. The van der Waals surface area contributed by atoms with Crippen molar-refractivity contribution in [1.29, 1.82) is 0 Å². The first-order chi connectivity index (χ1) is 16.9. The number of rotatable bonds is 7. The maximum Gasteiger partial charge on any atom is 0.275 e. The normalized spacial score (nSPS) is 13.9. The molecule has 0 unspecified atom stereocenters. The molecule has 0 saturated carbocycles. The maximum absolute atomic E-state index is 13.3. The minimum absolute atomic E-state index is 0.00826. The number of anilines is 1. The van der Waals surface area contributed by atoms with Crippen LogP contribution in [0.15, 0.2) is 53.9 Å². The van der Waals surface area contributed by atoms with Crippen molar-refractivity contribution in [2.24, 2.45) is 0 Å². The molecule has 0 spiro atoms. The largest absolute Gasteiger partial charge is 0.359 e. The fourth-order valence-electron chi connectivity index (χ4n) is 4.12. The second-order valence-corrected chi connectivity index (χ2v) is 9.30. The lowest BCUT2D eigenvalue weighted by Crippen LogP contribution is -2.38. The van der Waals surface area contributed by atoms with Crippen LogP contribution in [-0.4, -0.2) is 47.7 Å². The topological polar surface area (TPSA) is 91.4 Å². The van der Waals surface area contributed by atoms with Crippen molar-refractivity contribution >= 4 is 34.7 Å². The van der Waals surface area contributed by atoms with Crippen molar-refractivity contribution in [3.05, 3.63) is 70.4 Å². The molecular formula is C26H27FN4O3S. The summed E-state index contributed by atoms with van der Waals surface area (Å²) in [6.07, 6.45) is 1.96. The average molecular weight is 495 g/mol. The lowest BCUT2D eigenvalue weighted by molar-refractivity contribution is -0.134. The Kier molecular flexibility index (Phi) is 7.87. The van der Waals surface area contributed by atoms with Crippen LogP contribution >= 0.6 is 11.3 Å². The van der Waals surface area contributed by atoms with Crippen LogP contribution in [0.5, 0.6) is 0 Å². The highest BCUT2D eigenvalue weighted by Gasteiger charge is 2.26. The van der Waals surface area contributed by atoms with E-state index in [1.807, 2.05) is 18.2 Å². The summed E-state index contributed by atoms with van der Waals surface area (Å²) in [5.74, 6) is -0.572. The van der Waals surface area contributed by atoms with Crippen molar-refractivity contribution in [2.45, 2.75) is 31.6 Å². The van der Waals surface area contributed by atoms with Crippen LogP contribution in [0.2, 0.25) is 0 Å². The van der Waals surface area contributed by atoms with Crippen molar-refractivity contribution in [3.63, 3.8) is 0 Å². The number of aromatic nitrogens is 1. The first-order valence-electron chi connectivity index (χ1n) is 11.5. The molecule has 2 N–H and O–H groups in total. The molecule has 35 heavy (non-hydrogen) atoms. The van der Waals surface area contributed by atoms with Gasteiger partial charge in [0.1, 0.15) is 11.5 Å². The average Bonchev–Trinajstić information content (AvgIpc) is 3.39. The molecule has 182 valence electrons. The van der Waals surface area contributed by atoms with Crippen LogP contribution in [0.4, 0.5) is 10.1 Å². The van der Waals surface area contributed by atoms with Crippen molar-refractivity contribution in [2.75, 3.05) is 25.5 Å². The molecule has 2 heterocycles. The first-order valence-corrected chi connectivity index (χ1v) is 12.4. The van der Waals surface area contributed by atoms with Crippen LogP contribution in [0, 0.1) is 5.82 Å². The number of likely N-dealkylation sites (tertiary alicyclic amines) is 1. The summed E-state index contributed by atoms with van der Waals surface area (Å²) in [5, 5.41) is 8.11. The number of thiazole rings is 1. The van der Waals surface area contributed by atoms with Crippen molar-refractivity contribution < 1.29 is 18.8 Å². The summed E-state index contributed by atoms with van der Waals surface area (Å²) in [4.78, 5) is 43.0. The third-order valence-electron chi connectivity index (χ3n) is 6.13. The molecule has 3 amide bonds. The zero-order chi connectivity index (χ0) is 24.8. The molecule has 0 radical (unpaired) electrons. The minimum Gasteiger partial charge on any atom is -0.359 e. The van der Waals surface area contributed by atoms with Crippen LogP contribution in [0.25, 0.3) is 11.1 Å². The Morgan fingerprint density at radius 2 is 1.77 bits per heavy atom. The second kappa shape index (κ2) is 11.2.